The first-order valence-electron chi connectivity index (χ1n) is 5.06. The predicted molar refractivity (Wildman–Crippen MR) is 71.9 cm³/mol. The van der Waals surface area contributed by atoms with Crippen molar-refractivity contribution >= 4 is 45.3 Å². The summed E-state index contributed by atoms with van der Waals surface area (Å²) in [5, 5.41) is 8.87. The summed E-state index contributed by atoms with van der Waals surface area (Å²) in [5.41, 5.74) is 5.08. The summed E-state index contributed by atoms with van der Waals surface area (Å²) in [5.74, 6) is -2.73. The Bertz CT molecular complexity index is 519. The van der Waals surface area contributed by atoms with Crippen molar-refractivity contribution in [1.29, 1.82) is 0 Å². The smallest absolute Gasteiger partial charge is 0.323 e. The Morgan fingerprint density at radius 1 is 1.32 bits per heavy atom. The van der Waals surface area contributed by atoms with Gasteiger partial charge in [-0.3, -0.25) is 14.4 Å². The fourth-order valence-electron chi connectivity index (χ4n) is 1.39. The lowest BCUT2D eigenvalue weighted by Crippen LogP contribution is -2.41. The van der Waals surface area contributed by atoms with E-state index >= 15 is 0 Å². The minimum atomic E-state index is -1.25. The van der Waals surface area contributed by atoms with Crippen LogP contribution in [0.5, 0.6) is 0 Å². The third kappa shape index (κ3) is 4.22. The highest BCUT2D eigenvalue weighted by Gasteiger charge is 2.22. The zero-order chi connectivity index (χ0) is 14.6. The number of nitrogens with zero attached hydrogens (tertiary/aromatic N) is 1. The molecule has 19 heavy (non-hydrogen) atoms. The molecule has 0 radical (unpaired) electrons. The largest absolute Gasteiger partial charge is 0.480 e. The van der Waals surface area contributed by atoms with E-state index in [0.717, 1.165) is 4.90 Å². The summed E-state index contributed by atoms with van der Waals surface area (Å²) in [6.45, 7) is -1.13. The van der Waals surface area contributed by atoms with E-state index in [1.807, 2.05) is 0 Å². The van der Waals surface area contributed by atoms with Crippen molar-refractivity contribution in [2.24, 2.45) is 5.73 Å². The highest BCUT2D eigenvalue weighted by molar-refractivity contribution is 9.10. The molecule has 0 fully saturated rings. The number of rotatable bonds is 5. The van der Waals surface area contributed by atoms with Crippen LogP contribution in [-0.4, -0.2) is 40.9 Å². The van der Waals surface area contributed by atoms with Crippen molar-refractivity contribution < 1.29 is 19.5 Å². The van der Waals surface area contributed by atoms with Gasteiger partial charge >= 0.3 is 5.97 Å². The van der Waals surface area contributed by atoms with E-state index in [1.54, 1.807) is 12.1 Å². The number of carboxylic acids is 1. The first-order valence-corrected chi connectivity index (χ1v) is 6.23. The van der Waals surface area contributed by atoms with Gasteiger partial charge in [0.1, 0.15) is 13.1 Å². The summed E-state index contributed by atoms with van der Waals surface area (Å²) in [7, 11) is 0. The van der Waals surface area contributed by atoms with Crippen molar-refractivity contribution in [3.8, 4) is 0 Å². The zero-order valence-electron chi connectivity index (χ0n) is 9.60. The van der Waals surface area contributed by atoms with Crippen molar-refractivity contribution in [1.82, 2.24) is 4.90 Å². The number of carboxylic acid groups (broad SMARTS) is 1. The molecule has 2 amide bonds. The van der Waals surface area contributed by atoms with E-state index in [9.17, 15) is 14.4 Å². The van der Waals surface area contributed by atoms with Crippen LogP contribution in [0.1, 0.15) is 10.4 Å². The molecule has 0 aromatic heterocycles. The summed E-state index contributed by atoms with van der Waals surface area (Å²) < 4.78 is 0.495. The number of carbonyl (C=O) groups is 3. The molecule has 0 saturated carbocycles. The van der Waals surface area contributed by atoms with E-state index in [-0.39, 0.29) is 10.6 Å². The maximum absolute atomic E-state index is 12.1. The highest BCUT2D eigenvalue weighted by Crippen LogP contribution is 2.26. The number of nitrogens with two attached hydrogens (primary N) is 1. The zero-order valence-corrected chi connectivity index (χ0v) is 11.9. The van der Waals surface area contributed by atoms with Gasteiger partial charge in [-0.2, -0.15) is 0 Å². The summed E-state index contributed by atoms with van der Waals surface area (Å²) in [6.07, 6.45) is 0. The minimum absolute atomic E-state index is 0.0959. The molecule has 1 aromatic carbocycles. The van der Waals surface area contributed by atoms with Gasteiger partial charge in [-0.25, -0.2) is 0 Å². The monoisotopic (exact) mass is 348 g/mol. The molecule has 6 nitrogen and oxygen atoms in total. The Morgan fingerprint density at radius 3 is 2.47 bits per heavy atom. The molecule has 3 N–H and O–H groups in total. The number of hydrogen-bond acceptors (Lipinski definition) is 3. The molecule has 0 aliphatic carbocycles. The average molecular weight is 350 g/mol. The van der Waals surface area contributed by atoms with E-state index in [0.29, 0.717) is 4.47 Å². The molecule has 0 aliphatic heterocycles. The normalized spacial score (nSPS) is 10.0. The number of carbonyl (C=O) groups excluding carboxylic acids is 2. The Labute approximate surface area is 122 Å². The minimum Gasteiger partial charge on any atom is -0.480 e. The van der Waals surface area contributed by atoms with E-state index in [2.05, 4.69) is 15.9 Å². The van der Waals surface area contributed by atoms with Crippen LogP contribution in [0.15, 0.2) is 22.7 Å². The summed E-state index contributed by atoms with van der Waals surface area (Å²) in [4.78, 5) is 34.5. The second-order valence-electron chi connectivity index (χ2n) is 3.62. The van der Waals surface area contributed by atoms with Crippen LogP contribution in [0.2, 0.25) is 5.02 Å². The molecule has 0 atom stereocenters. The van der Waals surface area contributed by atoms with Crippen molar-refractivity contribution in [3.63, 3.8) is 0 Å². The Kier molecular flexibility index (Phi) is 5.31. The molecule has 0 spiro atoms. The molecule has 0 aliphatic rings. The van der Waals surface area contributed by atoms with Gasteiger partial charge in [0.25, 0.3) is 5.91 Å². The maximum atomic E-state index is 12.1. The second kappa shape index (κ2) is 6.53. The fourth-order valence-corrected chi connectivity index (χ4v) is 1.96. The summed E-state index contributed by atoms with van der Waals surface area (Å²) in [6, 6.07) is 4.65. The predicted octanol–water partition coefficient (Wildman–Crippen LogP) is 1.11. The highest BCUT2D eigenvalue weighted by atomic mass is 79.9. The van der Waals surface area contributed by atoms with Crippen LogP contribution in [0.4, 0.5) is 0 Å². The molecule has 102 valence electrons. The van der Waals surface area contributed by atoms with Crippen molar-refractivity contribution in [2.75, 3.05) is 13.1 Å². The maximum Gasteiger partial charge on any atom is 0.323 e. The van der Waals surface area contributed by atoms with Gasteiger partial charge in [-0.15, -0.1) is 0 Å². The number of hydrogen-bond donors (Lipinski definition) is 2. The number of aliphatic carboxylic acids is 1. The number of amides is 2. The Morgan fingerprint density at radius 2 is 1.95 bits per heavy atom. The number of halogens is 2. The SMILES string of the molecule is NC(=O)CN(CC(=O)O)C(=O)c1cccc(Br)c1Cl. The van der Waals surface area contributed by atoms with Crippen LogP contribution in [0.3, 0.4) is 0 Å². The Hall–Kier alpha value is -1.60. The molecule has 8 heteroatoms. The van der Waals surface area contributed by atoms with Gasteiger partial charge in [0.2, 0.25) is 5.91 Å². The van der Waals surface area contributed by atoms with E-state index in [1.165, 1.54) is 6.07 Å². The van der Waals surface area contributed by atoms with Gasteiger partial charge < -0.3 is 15.7 Å². The number of primary amides is 1. The van der Waals surface area contributed by atoms with E-state index in [4.69, 9.17) is 22.4 Å². The van der Waals surface area contributed by atoms with Crippen LogP contribution >= 0.6 is 27.5 Å². The van der Waals surface area contributed by atoms with Crippen molar-refractivity contribution in [3.05, 3.63) is 33.3 Å². The fraction of sp³-hybridized carbons (Fsp3) is 0.182. The molecule has 0 saturated heterocycles. The molecule has 0 bridgehead atoms. The Balaban J connectivity index is 3.07. The van der Waals surface area contributed by atoms with Crippen LogP contribution in [0.25, 0.3) is 0 Å². The first kappa shape index (κ1) is 15.5. The van der Waals surface area contributed by atoms with Gasteiger partial charge in [0.05, 0.1) is 10.6 Å². The first-order chi connectivity index (χ1) is 8.82. The standard InChI is InChI=1S/C11H10BrClN2O4/c12-7-3-1-2-6(10(7)13)11(19)15(4-8(14)16)5-9(17)18/h1-3H,4-5H2,(H2,14,16)(H,17,18). The molecule has 0 heterocycles. The van der Waals surface area contributed by atoms with Gasteiger partial charge in [0.15, 0.2) is 0 Å². The van der Waals surface area contributed by atoms with Crippen LogP contribution in [-0.2, 0) is 9.59 Å². The molecule has 1 aromatic rings. The molecular formula is C11H10BrClN2O4. The quantitative estimate of drug-likeness (QED) is 0.831. The van der Waals surface area contributed by atoms with Crippen LogP contribution in [0, 0.1) is 0 Å². The topological polar surface area (TPSA) is 101 Å². The van der Waals surface area contributed by atoms with Gasteiger partial charge in [-0.05, 0) is 28.1 Å². The lowest BCUT2D eigenvalue weighted by Gasteiger charge is -2.19. The average Bonchev–Trinajstić information content (AvgIpc) is 2.30. The molecule has 0 unspecified atom stereocenters. The van der Waals surface area contributed by atoms with Gasteiger partial charge in [0, 0.05) is 4.47 Å². The second-order valence-corrected chi connectivity index (χ2v) is 4.85. The van der Waals surface area contributed by atoms with Crippen molar-refractivity contribution in [2.45, 2.75) is 0 Å². The lowest BCUT2D eigenvalue weighted by molar-refractivity contribution is -0.138. The number of benzene rings is 1. The third-order valence-electron chi connectivity index (χ3n) is 2.14. The van der Waals surface area contributed by atoms with Gasteiger partial charge in [-0.1, -0.05) is 17.7 Å². The molecular weight excluding hydrogens is 339 g/mol. The molecule has 1 rings (SSSR count). The third-order valence-corrected chi connectivity index (χ3v) is 3.44. The summed E-state index contributed by atoms with van der Waals surface area (Å²) >= 11 is 9.10. The van der Waals surface area contributed by atoms with Crippen LogP contribution < -0.4 is 5.73 Å². The van der Waals surface area contributed by atoms with E-state index < -0.39 is 30.9 Å². The lowest BCUT2D eigenvalue weighted by atomic mass is 10.2.